The summed E-state index contributed by atoms with van der Waals surface area (Å²) < 4.78 is 18.9. The third kappa shape index (κ3) is 5.45. The summed E-state index contributed by atoms with van der Waals surface area (Å²) in [5.74, 6) is 0.540. The number of carbonyl (C=O) groups is 1. The number of hydrogen-bond acceptors (Lipinski definition) is 8. The molecule has 1 aromatic heterocycles. The van der Waals surface area contributed by atoms with Crippen LogP contribution in [0.1, 0.15) is 44.9 Å². The number of phenols is 1. The van der Waals surface area contributed by atoms with Crippen LogP contribution < -0.4 is 24.4 Å². The first-order valence-corrected chi connectivity index (χ1v) is 13.6. The van der Waals surface area contributed by atoms with Gasteiger partial charge in [-0.25, -0.2) is 9.79 Å². The summed E-state index contributed by atoms with van der Waals surface area (Å²) in [6, 6.07) is 10.1. The van der Waals surface area contributed by atoms with Crippen molar-refractivity contribution in [3.63, 3.8) is 0 Å². The number of hydrogen-bond donors (Lipinski definition) is 1. The number of fused-ring (bicyclic) bond motifs is 1. The largest absolute Gasteiger partial charge is 0.504 e. The quantitative estimate of drug-likeness (QED) is 0.313. The first kappa shape index (κ1) is 26.9. The zero-order chi connectivity index (χ0) is 26.9. The summed E-state index contributed by atoms with van der Waals surface area (Å²) in [5.41, 5.74) is 1.96. The van der Waals surface area contributed by atoms with Crippen LogP contribution in [-0.4, -0.2) is 35.5 Å². The Morgan fingerprint density at radius 1 is 1.27 bits per heavy atom. The number of carbonyl (C=O) groups excluding carboxylic acids is 1. The first-order valence-electron chi connectivity index (χ1n) is 11.7. The molecule has 0 saturated heterocycles. The number of esters is 1. The molecule has 194 valence electrons. The van der Waals surface area contributed by atoms with E-state index in [1.54, 1.807) is 32.1 Å². The molecule has 0 fully saturated rings. The van der Waals surface area contributed by atoms with Crippen LogP contribution in [0.2, 0.25) is 0 Å². The highest BCUT2D eigenvalue weighted by molar-refractivity contribution is 14.1. The van der Waals surface area contributed by atoms with E-state index in [0.29, 0.717) is 41.2 Å². The second-order valence-electron chi connectivity index (χ2n) is 8.59. The fourth-order valence-corrected chi connectivity index (χ4v) is 5.76. The number of allylic oxidation sites excluding steroid dienone is 1. The maximum absolute atomic E-state index is 13.8. The first-order chi connectivity index (χ1) is 17.6. The molecule has 0 spiro atoms. The number of nitrogens with zero attached hydrogens (tertiary/aromatic N) is 2. The van der Waals surface area contributed by atoms with E-state index in [-0.39, 0.29) is 24.0 Å². The van der Waals surface area contributed by atoms with Crippen LogP contribution in [-0.2, 0) is 9.53 Å². The summed E-state index contributed by atoms with van der Waals surface area (Å²) in [5, 5.41) is 10.2. The summed E-state index contributed by atoms with van der Waals surface area (Å²) in [6.45, 7) is 7.58. The second kappa shape index (κ2) is 11.1. The fraction of sp³-hybridized carbons (Fsp3) is 0.296. The number of aromatic nitrogens is 1. The third-order valence-electron chi connectivity index (χ3n) is 5.65. The molecule has 8 nitrogen and oxygen atoms in total. The standard InChI is InChI=1S/C27H27IN2O6S/c1-6-35-26(33)22-15(4)29-27-30(23(22)17-7-9-18(10-8-17)36-14(2)3)25(32)21(37-27)13-16-11-19(28)24(31)20(12-16)34-5/h7-14,23,31H,6H2,1-5H3/t23-/m0/s1. The Kier molecular flexibility index (Phi) is 8.08. The van der Waals surface area contributed by atoms with Crippen molar-refractivity contribution in [1.29, 1.82) is 0 Å². The zero-order valence-electron chi connectivity index (χ0n) is 21.1. The Morgan fingerprint density at radius 3 is 2.59 bits per heavy atom. The van der Waals surface area contributed by atoms with Crippen molar-refractivity contribution in [3.05, 3.63) is 82.1 Å². The maximum Gasteiger partial charge on any atom is 0.338 e. The van der Waals surface area contributed by atoms with Crippen molar-refractivity contribution in [2.24, 2.45) is 4.99 Å². The van der Waals surface area contributed by atoms with Gasteiger partial charge in [0.05, 0.1) is 45.2 Å². The summed E-state index contributed by atoms with van der Waals surface area (Å²) in [7, 11) is 1.47. The van der Waals surface area contributed by atoms with Crippen molar-refractivity contribution in [2.45, 2.75) is 39.8 Å². The number of benzene rings is 2. The number of methoxy groups -OCH3 is 1. The van der Waals surface area contributed by atoms with E-state index in [0.717, 1.165) is 5.56 Å². The molecule has 1 aliphatic heterocycles. The van der Waals surface area contributed by atoms with Crippen LogP contribution in [0.3, 0.4) is 0 Å². The molecule has 1 atom stereocenters. The number of ether oxygens (including phenoxy) is 3. The van der Waals surface area contributed by atoms with Crippen molar-refractivity contribution in [2.75, 3.05) is 13.7 Å². The molecule has 37 heavy (non-hydrogen) atoms. The van der Waals surface area contributed by atoms with Gasteiger partial charge in [-0.1, -0.05) is 23.5 Å². The molecule has 3 aromatic rings. The lowest BCUT2D eigenvalue weighted by atomic mass is 9.96. The number of phenolic OH excluding ortho intramolecular Hbond substituents is 1. The molecule has 10 heteroatoms. The molecular formula is C27H27IN2O6S. The van der Waals surface area contributed by atoms with Gasteiger partial charge in [0.25, 0.3) is 5.56 Å². The van der Waals surface area contributed by atoms with Gasteiger partial charge in [-0.3, -0.25) is 9.36 Å². The van der Waals surface area contributed by atoms with Crippen molar-refractivity contribution in [1.82, 2.24) is 4.57 Å². The van der Waals surface area contributed by atoms with Gasteiger partial charge in [0.15, 0.2) is 16.3 Å². The molecule has 0 amide bonds. The predicted molar refractivity (Wildman–Crippen MR) is 150 cm³/mol. The van der Waals surface area contributed by atoms with Gasteiger partial charge in [-0.05, 0) is 91.8 Å². The second-order valence-corrected chi connectivity index (χ2v) is 10.8. The fourth-order valence-electron chi connectivity index (χ4n) is 4.09. The van der Waals surface area contributed by atoms with E-state index in [1.165, 1.54) is 23.0 Å². The van der Waals surface area contributed by atoms with Gasteiger partial charge < -0.3 is 19.3 Å². The molecule has 0 aliphatic carbocycles. The minimum atomic E-state index is -0.708. The molecule has 2 heterocycles. The van der Waals surface area contributed by atoms with Crippen LogP contribution in [0.5, 0.6) is 17.2 Å². The topological polar surface area (TPSA) is 99.4 Å². The molecule has 2 aromatic carbocycles. The van der Waals surface area contributed by atoms with Gasteiger partial charge in [0.2, 0.25) is 0 Å². The van der Waals surface area contributed by atoms with Gasteiger partial charge in [-0.15, -0.1) is 0 Å². The molecule has 4 rings (SSSR count). The van der Waals surface area contributed by atoms with Gasteiger partial charge in [0, 0.05) is 0 Å². The lowest BCUT2D eigenvalue weighted by Crippen LogP contribution is -2.39. The van der Waals surface area contributed by atoms with E-state index in [9.17, 15) is 14.7 Å². The van der Waals surface area contributed by atoms with Crippen LogP contribution in [0, 0.1) is 3.57 Å². The smallest absolute Gasteiger partial charge is 0.338 e. The average molecular weight is 634 g/mol. The SMILES string of the molecule is CCOC(=O)C1=C(C)N=c2sc(=Cc3cc(I)c(O)c(OC)c3)c(=O)n2[C@H]1c1ccc(OC(C)C)cc1. The maximum atomic E-state index is 13.8. The molecule has 0 unspecified atom stereocenters. The lowest BCUT2D eigenvalue weighted by molar-refractivity contribution is -0.139. The highest BCUT2D eigenvalue weighted by Gasteiger charge is 2.33. The molecular weight excluding hydrogens is 607 g/mol. The Bertz CT molecular complexity index is 1550. The Labute approximate surface area is 231 Å². The highest BCUT2D eigenvalue weighted by atomic mass is 127. The Hall–Kier alpha value is -3.12. The molecule has 0 radical (unpaired) electrons. The number of aromatic hydroxyl groups is 1. The summed E-state index contributed by atoms with van der Waals surface area (Å²) >= 11 is 3.24. The van der Waals surface area contributed by atoms with Gasteiger partial charge >= 0.3 is 5.97 Å². The Balaban J connectivity index is 1.91. The van der Waals surface area contributed by atoms with Gasteiger partial charge in [-0.2, -0.15) is 0 Å². The van der Waals surface area contributed by atoms with Crippen molar-refractivity contribution in [3.8, 4) is 17.2 Å². The van der Waals surface area contributed by atoms with Crippen LogP contribution in [0.15, 0.2) is 57.5 Å². The van der Waals surface area contributed by atoms with E-state index in [4.69, 9.17) is 14.2 Å². The average Bonchev–Trinajstić information content (AvgIpc) is 3.15. The molecule has 1 aliphatic rings. The molecule has 0 bridgehead atoms. The number of thiazole rings is 1. The minimum absolute atomic E-state index is 0.0161. The van der Waals surface area contributed by atoms with E-state index >= 15 is 0 Å². The van der Waals surface area contributed by atoms with Crippen molar-refractivity contribution >= 4 is 46.0 Å². The van der Waals surface area contributed by atoms with Crippen LogP contribution in [0.4, 0.5) is 0 Å². The zero-order valence-corrected chi connectivity index (χ0v) is 24.0. The number of halogens is 1. The Morgan fingerprint density at radius 2 is 1.97 bits per heavy atom. The van der Waals surface area contributed by atoms with E-state index < -0.39 is 12.0 Å². The van der Waals surface area contributed by atoms with Crippen LogP contribution in [0.25, 0.3) is 6.08 Å². The van der Waals surface area contributed by atoms with Crippen molar-refractivity contribution < 1.29 is 24.1 Å². The normalized spacial score (nSPS) is 15.4. The van der Waals surface area contributed by atoms with E-state index in [2.05, 4.69) is 4.99 Å². The summed E-state index contributed by atoms with van der Waals surface area (Å²) in [4.78, 5) is 31.9. The summed E-state index contributed by atoms with van der Waals surface area (Å²) in [6.07, 6.45) is 1.75. The third-order valence-corrected chi connectivity index (χ3v) is 7.46. The monoisotopic (exact) mass is 634 g/mol. The molecule has 1 N–H and O–H groups in total. The predicted octanol–water partition coefficient (Wildman–Crippen LogP) is 3.90. The highest BCUT2D eigenvalue weighted by Crippen LogP contribution is 2.33. The lowest BCUT2D eigenvalue weighted by Gasteiger charge is -2.25. The van der Waals surface area contributed by atoms with E-state index in [1.807, 2.05) is 60.7 Å². The van der Waals surface area contributed by atoms with Crippen LogP contribution >= 0.6 is 33.9 Å². The van der Waals surface area contributed by atoms with Gasteiger partial charge in [0.1, 0.15) is 5.75 Å². The minimum Gasteiger partial charge on any atom is -0.504 e. The number of rotatable bonds is 7. The molecule has 0 saturated carbocycles.